The van der Waals surface area contributed by atoms with Gasteiger partial charge in [-0.15, -0.1) is 12.4 Å². The molecule has 0 aliphatic heterocycles. The summed E-state index contributed by atoms with van der Waals surface area (Å²) in [4.78, 5) is 3.77. The first-order valence-corrected chi connectivity index (χ1v) is 3.90. The van der Waals surface area contributed by atoms with Crippen LogP contribution in [0.5, 0.6) is 0 Å². The van der Waals surface area contributed by atoms with Gasteiger partial charge in [-0.25, -0.2) is 9.38 Å². The molecule has 0 bridgehead atoms. The second kappa shape index (κ2) is 5.44. The Morgan fingerprint density at radius 2 is 2.07 bits per heavy atom. The molecule has 0 saturated heterocycles. The van der Waals surface area contributed by atoms with E-state index in [-0.39, 0.29) is 24.2 Å². The quantitative estimate of drug-likeness (QED) is 0.580. The summed E-state index contributed by atoms with van der Waals surface area (Å²) in [7, 11) is 0. The fourth-order valence-electron chi connectivity index (χ4n) is 0.917. The lowest BCUT2D eigenvalue weighted by Crippen LogP contribution is -2.22. The molecule has 0 aliphatic rings. The molecule has 4 N–H and O–H groups in total. The summed E-state index contributed by atoms with van der Waals surface area (Å²) < 4.78 is 13.0. The van der Waals surface area contributed by atoms with Crippen LogP contribution in [0.15, 0.2) is 23.2 Å². The fourth-order valence-corrected chi connectivity index (χ4v) is 0.917. The average Bonchev–Trinajstić information content (AvgIpc) is 2.07. The van der Waals surface area contributed by atoms with E-state index in [1.54, 1.807) is 19.1 Å². The van der Waals surface area contributed by atoms with Crippen LogP contribution in [0.4, 0.5) is 4.39 Å². The molecule has 0 heterocycles. The van der Waals surface area contributed by atoms with E-state index in [1.807, 2.05) is 0 Å². The van der Waals surface area contributed by atoms with Crippen LogP contribution in [0.1, 0.15) is 11.1 Å². The molecule has 0 atom stereocenters. The van der Waals surface area contributed by atoms with Gasteiger partial charge in [-0.3, -0.25) is 0 Å². The highest BCUT2D eigenvalue weighted by Crippen LogP contribution is 2.09. The molecule has 0 aromatic heterocycles. The lowest BCUT2D eigenvalue weighted by molar-refractivity contribution is 0.616. The Morgan fingerprint density at radius 3 is 2.57 bits per heavy atom. The molecule has 0 unspecified atom stereocenters. The maximum Gasteiger partial charge on any atom is 0.186 e. The van der Waals surface area contributed by atoms with Gasteiger partial charge in [0.2, 0.25) is 0 Å². The van der Waals surface area contributed by atoms with Gasteiger partial charge in [0, 0.05) is 0 Å². The van der Waals surface area contributed by atoms with Crippen molar-refractivity contribution in [3.8, 4) is 0 Å². The van der Waals surface area contributed by atoms with Crippen LogP contribution in [0.25, 0.3) is 0 Å². The van der Waals surface area contributed by atoms with Crippen LogP contribution < -0.4 is 11.5 Å². The third-order valence-corrected chi connectivity index (χ3v) is 1.68. The molecule has 78 valence electrons. The minimum Gasteiger partial charge on any atom is -0.370 e. The third kappa shape index (κ3) is 3.62. The van der Waals surface area contributed by atoms with E-state index in [9.17, 15) is 4.39 Å². The molecule has 0 saturated carbocycles. The second-order valence-electron chi connectivity index (χ2n) is 2.82. The molecule has 1 aromatic carbocycles. The number of halogens is 2. The average molecular weight is 218 g/mol. The molecule has 5 heteroatoms. The molecule has 0 fully saturated rings. The van der Waals surface area contributed by atoms with Crippen molar-refractivity contribution < 1.29 is 4.39 Å². The van der Waals surface area contributed by atoms with Crippen LogP contribution in [-0.2, 0) is 6.54 Å². The number of hydrogen-bond acceptors (Lipinski definition) is 1. The number of aliphatic imine (C=N–C) groups is 1. The van der Waals surface area contributed by atoms with E-state index in [2.05, 4.69) is 4.99 Å². The molecule has 14 heavy (non-hydrogen) atoms. The zero-order valence-electron chi connectivity index (χ0n) is 7.83. The number of guanidine groups is 1. The predicted octanol–water partition coefficient (Wildman–Crippen LogP) is 1.33. The number of rotatable bonds is 2. The van der Waals surface area contributed by atoms with Gasteiger partial charge < -0.3 is 11.5 Å². The van der Waals surface area contributed by atoms with Gasteiger partial charge in [-0.05, 0) is 24.1 Å². The molecule has 1 rings (SSSR count). The highest BCUT2D eigenvalue weighted by Gasteiger charge is 1.98. The van der Waals surface area contributed by atoms with Gasteiger partial charge >= 0.3 is 0 Å². The smallest absolute Gasteiger partial charge is 0.186 e. The fraction of sp³-hybridized carbons (Fsp3) is 0.222. The van der Waals surface area contributed by atoms with Gasteiger partial charge in [0.15, 0.2) is 5.96 Å². The maximum absolute atomic E-state index is 13.0. The number of hydrogen-bond donors (Lipinski definition) is 2. The van der Waals surface area contributed by atoms with Crippen molar-refractivity contribution in [1.29, 1.82) is 0 Å². The molecule has 0 spiro atoms. The normalized spacial score (nSPS) is 9.00. The van der Waals surface area contributed by atoms with Gasteiger partial charge in [-0.1, -0.05) is 12.1 Å². The number of nitrogens with zero attached hydrogens (tertiary/aromatic N) is 1. The van der Waals surface area contributed by atoms with Crippen molar-refractivity contribution in [2.45, 2.75) is 13.5 Å². The van der Waals surface area contributed by atoms with Crippen LogP contribution in [0.3, 0.4) is 0 Å². The van der Waals surface area contributed by atoms with Crippen molar-refractivity contribution in [3.05, 3.63) is 35.1 Å². The summed E-state index contributed by atoms with van der Waals surface area (Å²) in [5.41, 5.74) is 11.7. The summed E-state index contributed by atoms with van der Waals surface area (Å²) in [6.45, 7) is 2.03. The Balaban J connectivity index is 0.00000169. The van der Waals surface area contributed by atoms with Gasteiger partial charge in [0.25, 0.3) is 0 Å². The van der Waals surface area contributed by atoms with Crippen LogP contribution in [-0.4, -0.2) is 5.96 Å². The first kappa shape index (κ1) is 12.7. The van der Waals surface area contributed by atoms with Crippen LogP contribution in [0, 0.1) is 12.7 Å². The molecular weight excluding hydrogens is 205 g/mol. The molecule has 0 amide bonds. The van der Waals surface area contributed by atoms with E-state index >= 15 is 0 Å². The van der Waals surface area contributed by atoms with Crippen LogP contribution >= 0.6 is 12.4 Å². The summed E-state index contributed by atoms with van der Waals surface area (Å²) in [5, 5.41) is 0. The summed E-state index contributed by atoms with van der Waals surface area (Å²) in [6.07, 6.45) is 0. The summed E-state index contributed by atoms with van der Waals surface area (Å²) >= 11 is 0. The summed E-state index contributed by atoms with van der Waals surface area (Å²) in [5.74, 6) is -0.218. The lowest BCUT2D eigenvalue weighted by atomic mass is 10.1. The third-order valence-electron chi connectivity index (χ3n) is 1.68. The molecule has 0 aliphatic carbocycles. The standard InChI is InChI=1S/C9H12FN3.ClH/c1-6-2-3-7(4-8(6)10)5-13-9(11)12;/h2-4H,5H2,1H3,(H4,11,12,13);1H. The van der Waals surface area contributed by atoms with Crippen molar-refractivity contribution in [2.24, 2.45) is 16.5 Å². The Hall–Kier alpha value is -1.29. The zero-order chi connectivity index (χ0) is 9.84. The monoisotopic (exact) mass is 217 g/mol. The van der Waals surface area contributed by atoms with Gasteiger partial charge in [-0.2, -0.15) is 0 Å². The molecule has 0 radical (unpaired) electrons. The van der Waals surface area contributed by atoms with E-state index in [0.29, 0.717) is 12.1 Å². The van der Waals surface area contributed by atoms with Crippen molar-refractivity contribution in [3.63, 3.8) is 0 Å². The topological polar surface area (TPSA) is 64.4 Å². The Bertz CT molecular complexity index is 335. The SMILES string of the molecule is Cc1ccc(CN=C(N)N)cc1F.Cl. The highest BCUT2D eigenvalue weighted by atomic mass is 35.5. The Morgan fingerprint density at radius 1 is 1.43 bits per heavy atom. The van der Waals surface area contributed by atoms with E-state index < -0.39 is 0 Å². The van der Waals surface area contributed by atoms with Gasteiger partial charge in [0.05, 0.1) is 6.54 Å². The van der Waals surface area contributed by atoms with Gasteiger partial charge in [0.1, 0.15) is 5.82 Å². The maximum atomic E-state index is 13.0. The van der Waals surface area contributed by atoms with E-state index in [0.717, 1.165) is 5.56 Å². The molecular formula is C9H13ClFN3. The van der Waals surface area contributed by atoms with Crippen molar-refractivity contribution in [2.75, 3.05) is 0 Å². The minimum atomic E-state index is -0.233. The summed E-state index contributed by atoms with van der Waals surface area (Å²) in [6, 6.07) is 4.93. The number of benzene rings is 1. The minimum absolute atomic E-state index is 0. The Labute approximate surface area is 88.4 Å². The van der Waals surface area contributed by atoms with E-state index in [4.69, 9.17) is 11.5 Å². The van der Waals surface area contributed by atoms with Crippen LogP contribution in [0.2, 0.25) is 0 Å². The predicted molar refractivity (Wildman–Crippen MR) is 57.9 cm³/mol. The highest BCUT2D eigenvalue weighted by molar-refractivity contribution is 5.85. The molecule has 3 nitrogen and oxygen atoms in total. The first-order chi connectivity index (χ1) is 6.09. The lowest BCUT2D eigenvalue weighted by Gasteiger charge is -1.99. The number of aryl methyl sites for hydroxylation is 1. The van der Waals surface area contributed by atoms with Crippen molar-refractivity contribution >= 4 is 18.4 Å². The largest absolute Gasteiger partial charge is 0.370 e. The Kier molecular flexibility index (Phi) is 4.94. The molecule has 1 aromatic rings. The first-order valence-electron chi connectivity index (χ1n) is 3.90. The second-order valence-corrected chi connectivity index (χ2v) is 2.82. The zero-order valence-corrected chi connectivity index (χ0v) is 8.64. The van der Waals surface area contributed by atoms with E-state index in [1.165, 1.54) is 6.07 Å². The van der Waals surface area contributed by atoms with Crippen molar-refractivity contribution in [1.82, 2.24) is 0 Å². The number of nitrogens with two attached hydrogens (primary N) is 2.